The van der Waals surface area contributed by atoms with Crippen molar-refractivity contribution in [3.63, 3.8) is 0 Å². The van der Waals surface area contributed by atoms with Gasteiger partial charge in [-0.1, -0.05) is 12.8 Å². The average molecular weight is 296 g/mol. The number of nitrogens with one attached hydrogen (secondary N) is 1. The number of sulfonamides is 1. The van der Waals surface area contributed by atoms with E-state index in [1.54, 1.807) is 25.2 Å². The van der Waals surface area contributed by atoms with Crippen molar-refractivity contribution in [2.45, 2.75) is 30.9 Å². The molecule has 0 unspecified atom stereocenters. The van der Waals surface area contributed by atoms with Crippen molar-refractivity contribution < 1.29 is 12.8 Å². The number of oxazole rings is 1. The molecule has 7 heteroatoms. The lowest BCUT2D eigenvalue weighted by atomic mass is 10.3. The zero-order valence-electron chi connectivity index (χ0n) is 11.1. The number of rotatable bonds is 3. The van der Waals surface area contributed by atoms with Crippen LogP contribution in [0, 0.1) is 0 Å². The third-order valence-electron chi connectivity index (χ3n) is 3.79. The number of nitrogens with zero attached hydrogens (tertiary/aromatic N) is 1. The maximum atomic E-state index is 12.2. The van der Waals surface area contributed by atoms with E-state index >= 15 is 0 Å². The molecule has 0 atom stereocenters. The number of anilines is 1. The van der Waals surface area contributed by atoms with Gasteiger partial charge in [0.2, 0.25) is 10.0 Å². The number of fused-ring (bicyclic) bond motifs is 1. The van der Waals surface area contributed by atoms with Crippen molar-refractivity contribution in [3.05, 3.63) is 28.7 Å². The minimum Gasteiger partial charge on any atom is -0.408 e. The summed E-state index contributed by atoms with van der Waals surface area (Å²) in [6.45, 7) is 0. The normalized spacial score (nSPS) is 16.9. The van der Waals surface area contributed by atoms with Gasteiger partial charge in [-0.05, 0) is 31.0 Å². The van der Waals surface area contributed by atoms with Gasteiger partial charge in [-0.25, -0.2) is 13.2 Å². The highest BCUT2D eigenvalue weighted by molar-refractivity contribution is 7.93. The molecule has 3 rings (SSSR count). The predicted molar refractivity (Wildman–Crippen MR) is 76.3 cm³/mol. The highest BCUT2D eigenvalue weighted by Crippen LogP contribution is 2.27. The fraction of sp³-hybridized carbons (Fsp3) is 0.462. The molecule has 1 aliphatic carbocycles. The van der Waals surface area contributed by atoms with Crippen molar-refractivity contribution >= 4 is 26.8 Å². The molecule has 2 aromatic rings. The second-order valence-corrected chi connectivity index (χ2v) is 7.12. The van der Waals surface area contributed by atoms with Crippen molar-refractivity contribution in [1.82, 2.24) is 4.57 Å². The molecule has 0 saturated heterocycles. The molecule has 0 amide bonds. The second kappa shape index (κ2) is 4.66. The maximum absolute atomic E-state index is 12.2. The van der Waals surface area contributed by atoms with Crippen molar-refractivity contribution in [2.75, 3.05) is 4.72 Å². The molecule has 1 saturated carbocycles. The van der Waals surface area contributed by atoms with Crippen LogP contribution in [0.4, 0.5) is 5.69 Å². The SMILES string of the molecule is Cn1c(=O)oc2ccc(NS(=O)(=O)C3CCCC3)cc21. The van der Waals surface area contributed by atoms with Crippen LogP contribution in [0.2, 0.25) is 0 Å². The van der Waals surface area contributed by atoms with E-state index in [-0.39, 0.29) is 5.25 Å². The summed E-state index contributed by atoms with van der Waals surface area (Å²) in [6, 6.07) is 4.83. The Hall–Kier alpha value is -1.76. The monoisotopic (exact) mass is 296 g/mol. The molecule has 6 nitrogen and oxygen atoms in total. The molecular weight excluding hydrogens is 280 g/mol. The first kappa shape index (κ1) is 13.2. The number of aromatic nitrogens is 1. The standard InChI is InChI=1S/C13H16N2O4S/c1-15-11-8-9(6-7-12(11)19-13(15)16)14-20(17,18)10-4-2-3-5-10/h6-8,10,14H,2-5H2,1H3. The van der Waals surface area contributed by atoms with Gasteiger partial charge in [0.25, 0.3) is 0 Å². The molecule has 0 aliphatic heterocycles. The number of hydrogen-bond acceptors (Lipinski definition) is 4. The molecule has 0 spiro atoms. The quantitative estimate of drug-likeness (QED) is 0.936. The summed E-state index contributed by atoms with van der Waals surface area (Å²) >= 11 is 0. The largest absolute Gasteiger partial charge is 0.419 e. The summed E-state index contributed by atoms with van der Waals surface area (Å²) < 4.78 is 33.4. The summed E-state index contributed by atoms with van der Waals surface area (Å²) in [7, 11) is -1.77. The number of hydrogen-bond donors (Lipinski definition) is 1. The molecule has 20 heavy (non-hydrogen) atoms. The fourth-order valence-corrected chi connectivity index (χ4v) is 4.21. The van der Waals surface area contributed by atoms with Gasteiger partial charge in [-0.3, -0.25) is 9.29 Å². The molecule has 108 valence electrons. The summed E-state index contributed by atoms with van der Waals surface area (Å²) in [5, 5.41) is -0.314. The smallest absolute Gasteiger partial charge is 0.408 e. The average Bonchev–Trinajstić information content (AvgIpc) is 3.01. The third-order valence-corrected chi connectivity index (χ3v) is 5.66. The van der Waals surface area contributed by atoms with Gasteiger partial charge in [0.05, 0.1) is 16.5 Å². The van der Waals surface area contributed by atoms with E-state index in [4.69, 9.17) is 4.42 Å². The van der Waals surface area contributed by atoms with Crippen LogP contribution in [0.5, 0.6) is 0 Å². The zero-order chi connectivity index (χ0) is 14.3. The van der Waals surface area contributed by atoms with Crippen molar-refractivity contribution in [1.29, 1.82) is 0 Å². The maximum Gasteiger partial charge on any atom is 0.419 e. The first-order valence-electron chi connectivity index (χ1n) is 6.58. The van der Waals surface area contributed by atoms with E-state index in [1.807, 2.05) is 0 Å². The van der Waals surface area contributed by atoms with Crippen LogP contribution in [-0.4, -0.2) is 18.2 Å². The van der Waals surface area contributed by atoms with E-state index < -0.39 is 15.8 Å². The van der Waals surface area contributed by atoms with Crippen molar-refractivity contribution in [2.24, 2.45) is 7.05 Å². The van der Waals surface area contributed by atoms with Crippen LogP contribution in [0.15, 0.2) is 27.4 Å². The molecule has 1 aromatic heterocycles. The minimum absolute atomic E-state index is 0.314. The minimum atomic E-state index is -3.36. The molecule has 1 aliphatic rings. The van der Waals surface area contributed by atoms with Crippen LogP contribution in [0.25, 0.3) is 11.1 Å². The van der Waals surface area contributed by atoms with Gasteiger partial charge >= 0.3 is 5.76 Å². The Bertz CT molecular complexity index is 797. The Morgan fingerprint density at radius 1 is 1.30 bits per heavy atom. The summed E-state index contributed by atoms with van der Waals surface area (Å²) in [4.78, 5) is 11.4. The highest BCUT2D eigenvalue weighted by atomic mass is 32.2. The molecule has 1 heterocycles. The van der Waals surface area contributed by atoms with Crippen LogP contribution in [0.3, 0.4) is 0 Å². The summed E-state index contributed by atoms with van der Waals surface area (Å²) in [5.74, 6) is -0.462. The summed E-state index contributed by atoms with van der Waals surface area (Å²) in [6.07, 6.45) is 3.34. The van der Waals surface area contributed by atoms with E-state index in [2.05, 4.69) is 4.72 Å². The van der Waals surface area contributed by atoms with Crippen molar-refractivity contribution in [3.8, 4) is 0 Å². The Morgan fingerprint density at radius 2 is 2.00 bits per heavy atom. The van der Waals surface area contributed by atoms with Gasteiger partial charge in [-0.15, -0.1) is 0 Å². The van der Waals surface area contributed by atoms with Gasteiger partial charge in [0, 0.05) is 7.05 Å². The first-order valence-corrected chi connectivity index (χ1v) is 8.13. The predicted octanol–water partition coefficient (Wildman–Crippen LogP) is 1.82. The Kier molecular flexibility index (Phi) is 3.08. The molecule has 0 bridgehead atoms. The number of aryl methyl sites for hydroxylation is 1. The van der Waals surface area contributed by atoms with Crippen LogP contribution in [-0.2, 0) is 17.1 Å². The lowest BCUT2D eigenvalue weighted by Crippen LogP contribution is -2.25. The van der Waals surface area contributed by atoms with Gasteiger partial charge in [-0.2, -0.15) is 0 Å². The van der Waals surface area contributed by atoms with Gasteiger partial charge in [0.1, 0.15) is 0 Å². The van der Waals surface area contributed by atoms with Gasteiger partial charge in [0.15, 0.2) is 5.58 Å². The highest BCUT2D eigenvalue weighted by Gasteiger charge is 2.28. The topological polar surface area (TPSA) is 81.3 Å². The van der Waals surface area contributed by atoms with Crippen LogP contribution < -0.4 is 10.5 Å². The van der Waals surface area contributed by atoms with E-state index in [1.165, 1.54) is 4.57 Å². The van der Waals surface area contributed by atoms with Crippen LogP contribution >= 0.6 is 0 Å². The lowest BCUT2D eigenvalue weighted by Gasteiger charge is -2.13. The molecular formula is C13H16N2O4S. The lowest BCUT2D eigenvalue weighted by molar-refractivity contribution is 0.528. The van der Waals surface area contributed by atoms with E-state index in [0.717, 1.165) is 12.8 Å². The molecule has 1 fully saturated rings. The fourth-order valence-electron chi connectivity index (χ4n) is 2.64. The Labute approximate surface area is 116 Å². The third kappa shape index (κ3) is 2.22. The first-order chi connectivity index (χ1) is 9.47. The second-order valence-electron chi connectivity index (χ2n) is 5.16. The Morgan fingerprint density at radius 3 is 2.70 bits per heavy atom. The molecule has 0 radical (unpaired) electrons. The zero-order valence-corrected chi connectivity index (χ0v) is 11.9. The molecule has 1 N–H and O–H groups in total. The van der Waals surface area contributed by atoms with Gasteiger partial charge < -0.3 is 4.42 Å². The van der Waals surface area contributed by atoms with E-state index in [9.17, 15) is 13.2 Å². The molecule has 1 aromatic carbocycles. The Balaban J connectivity index is 1.94. The van der Waals surface area contributed by atoms with Crippen LogP contribution in [0.1, 0.15) is 25.7 Å². The van der Waals surface area contributed by atoms with E-state index in [0.29, 0.717) is 29.6 Å². The summed E-state index contributed by atoms with van der Waals surface area (Å²) in [5.41, 5.74) is 1.48. The number of benzene rings is 1.